The zero-order chi connectivity index (χ0) is 11.4. The Morgan fingerprint density at radius 1 is 1.44 bits per heavy atom. The highest BCUT2D eigenvalue weighted by atomic mass is 16.5. The quantitative estimate of drug-likeness (QED) is 0.847. The van der Waals surface area contributed by atoms with E-state index in [2.05, 4.69) is 5.10 Å². The fourth-order valence-electron chi connectivity index (χ4n) is 1.46. The molecule has 4 nitrogen and oxygen atoms in total. The minimum absolute atomic E-state index is 0.00955. The first-order valence-electron chi connectivity index (χ1n) is 5.15. The molecule has 0 aliphatic carbocycles. The predicted molar refractivity (Wildman–Crippen MR) is 60.9 cm³/mol. The predicted octanol–water partition coefficient (Wildman–Crippen LogP) is 1.55. The van der Waals surface area contributed by atoms with Crippen LogP contribution in [0.15, 0.2) is 36.7 Å². The fourth-order valence-corrected chi connectivity index (χ4v) is 1.46. The second kappa shape index (κ2) is 4.81. The van der Waals surface area contributed by atoms with Gasteiger partial charge in [0.15, 0.2) is 5.75 Å². The van der Waals surface area contributed by atoms with E-state index in [0.29, 0.717) is 12.4 Å². The number of hydrogen-bond donors (Lipinski definition) is 1. The largest absolute Gasteiger partial charge is 0.488 e. The summed E-state index contributed by atoms with van der Waals surface area (Å²) < 4.78 is 7.00. The average molecular weight is 218 g/mol. The van der Waals surface area contributed by atoms with Gasteiger partial charge in [0.05, 0.1) is 24.7 Å². The highest BCUT2D eigenvalue weighted by Crippen LogP contribution is 2.14. The molecule has 16 heavy (non-hydrogen) atoms. The average Bonchev–Trinajstić information content (AvgIpc) is 2.75. The molecule has 1 aromatic carbocycles. The van der Waals surface area contributed by atoms with Crippen LogP contribution >= 0.6 is 0 Å². The van der Waals surface area contributed by atoms with Gasteiger partial charge >= 0.3 is 0 Å². The maximum Gasteiger partial charge on any atom is 0.157 e. The Bertz CT molecular complexity index is 466. The van der Waals surface area contributed by atoms with Gasteiger partial charge in [-0.25, -0.2) is 4.68 Å². The lowest BCUT2D eigenvalue weighted by Gasteiger charge is -2.02. The lowest BCUT2D eigenvalue weighted by Crippen LogP contribution is -2.00. The first-order chi connectivity index (χ1) is 7.79. The first kappa shape index (κ1) is 10.7. The van der Waals surface area contributed by atoms with Gasteiger partial charge in [-0.1, -0.05) is 12.1 Å². The summed E-state index contributed by atoms with van der Waals surface area (Å²) in [6.45, 7) is 2.34. The number of aliphatic hydroxyl groups excluding tert-OH is 1. The third-order valence-corrected chi connectivity index (χ3v) is 2.19. The van der Waals surface area contributed by atoms with E-state index in [0.717, 1.165) is 5.69 Å². The molecule has 0 aliphatic rings. The molecule has 1 N–H and O–H groups in total. The fraction of sp³-hybridized carbons (Fsp3) is 0.250. The minimum atomic E-state index is 0.00955. The van der Waals surface area contributed by atoms with Gasteiger partial charge in [0.25, 0.3) is 0 Å². The van der Waals surface area contributed by atoms with Gasteiger partial charge in [-0.05, 0) is 24.6 Å². The summed E-state index contributed by atoms with van der Waals surface area (Å²) in [5.74, 6) is 0.663. The van der Waals surface area contributed by atoms with Gasteiger partial charge in [-0.3, -0.25) is 0 Å². The molecule has 1 aromatic heterocycles. The zero-order valence-corrected chi connectivity index (χ0v) is 9.13. The lowest BCUT2D eigenvalue weighted by atomic mass is 10.2. The number of nitrogens with zero attached hydrogens (tertiary/aromatic N) is 2. The van der Waals surface area contributed by atoms with Crippen LogP contribution < -0.4 is 4.74 Å². The van der Waals surface area contributed by atoms with Crippen molar-refractivity contribution in [1.29, 1.82) is 0 Å². The summed E-state index contributed by atoms with van der Waals surface area (Å²) in [4.78, 5) is 0. The van der Waals surface area contributed by atoms with Crippen LogP contribution in [0.4, 0.5) is 0 Å². The molecule has 0 saturated heterocycles. The van der Waals surface area contributed by atoms with Gasteiger partial charge in [-0.15, -0.1) is 0 Å². The Hall–Kier alpha value is -1.81. The van der Waals surface area contributed by atoms with Gasteiger partial charge < -0.3 is 9.84 Å². The number of hydrogen-bond acceptors (Lipinski definition) is 3. The minimum Gasteiger partial charge on any atom is -0.488 e. The van der Waals surface area contributed by atoms with Crippen molar-refractivity contribution in [2.75, 3.05) is 13.2 Å². The van der Waals surface area contributed by atoms with Crippen molar-refractivity contribution in [1.82, 2.24) is 9.78 Å². The van der Waals surface area contributed by atoms with Crippen molar-refractivity contribution in [3.05, 3.63) is 42.2 Å². The van der Waals surface area contributed by atoms with Gasteiger partial charge in [0.1, 0.15) is 6.61 Å². The van der Waals surface area contributed by atoms with E-state index < -0.39 is 0 Å². The first-order valence-corrected chi connectivity index (χ1v) is 5.15. The standard InChI is InChI=1S/C12H14N2O2/c1-10-3-2-4-11(7-10)14-9-12(8-13-14)16-6-5-15/h2-4,7-9,15H,5-6H2,1H3. The molecule has 4 heteroatoms. The molecule has 0 unspecified atom stereocenters. The number of aromatic nitrogens is 2. The third kappa shape index (κ3) is 2.41. The number of ether oxygens (including phenoxy) is 1. The summed E-state index contributed by atoms with van der Waals surface area (Å²) in [5, 5.41) is 12.8. The topological polar surface area (TPSA) is 47.3 Å². The van der Waals surface area contributed by atoms with Crippen LogP contribution in [0.5, 0.6) is 5.75 Å². The Morgan fingerprint density at radius 3 is 3.06 bits per heavy atom. The van der Waals surface area contributed by atoms with E-state index in [-0.39, 0.29) is 6.61 Å². The van der Waals surface area contributed by atoms with Crippen LogP contribution in [0.2, 0.25) is 0 Å². The number of aryl methyl sites for hydroxylation is 1. The van der Waals surface area contributed by atoms with Crippen molar-refractivity contribution in [3.63, 3.8) is 0 Å². The summed E-state index contributed by atoms with van der Waals surface area (Å²) in [6.07, 6.45) is 3.43. The molecular formula is C12H14N2O2. The van der Waals surface area contributed by atoms with Gasteiger partial charge in [0.2, 0.25) is 0 Å². The van der Waals surface area contributed by atoms with Crippen molar-refractivity contribution >= 4 is 0 Å². The van der Waals surface area contributed by atoms with Gasteiger partial charge in [-0.2, -0.15) is 5.10 Å². The van der Waals surface area contributed by atoms with Crippen LogP contribution in [0.25, 0.3) is 5.69 Å². The maximum atomic E-state index is 8.64. The molecule has 0 aliphatic heterocycles. The van der Waals surface area contributed by atoms with E-state index in [1.807, 2.05) is 31.2 Å². The summed E-state index contributed by atoms with van der Waals surface area (Å²) >= 11 is 0. The molecule has 1 heterocycles. The number of aliphatic hydroxyl groups is 1. The van der Waals surface area contributed by atoms with Crippen LogP contribution in [0, 0.1) is 6.92 Å². The van der Waals surface area contributed by atoms with E-state index in [1.165, 1.54) is 5.56 Å². The Labute approximate surface area is 94.1 Å². The molecule has 0 fully saturated rings. The van der Waals surface area contributed by atoms with Crippen molar-refractivity contribution in [3.8, 4) is 11.4 Å². The number of rotatable bonds is 4. The summed E-state index contributed by atoms with van der Waals surface area (Å²) in [6, 6.07) is 8.05. The SMILES string of the molecule is Cc1cccc(-n2cc(OCCO)cn2)c1. The van der Waals surface area contributed by atoms with Gasteiger partial charge in [0, 0.05) is 0 Å². The molecule has 2 aromatic rings. The Morgan fingerprint density at radius 2 is 2.31 bits per heavy atom. The van der Waals surface area contributed by atoms with E-state index in [1.54, 1.807) is 17.1 Å². The third-order valence-electron chi connectivity index (χ3n) is 2.19. The molecule has 0 atom stereocenters. The van der Waals surface area contributed by atoms with Crippen LogP contribution in [-0.2, 0) is 0 Å². The highest BCUT2D eigenvalue weighted by Gasteiger charge is 2.01. The number of benzene rings is 1. The molecule has 0 amide bonds. The molecule has 0 spiro atoms. The lowest BCUT2D eigenvalue weighted by molar-refractivity contribution is 0.201. The van der Waals surface area contributed by atoms with Crippen LogP contribution in [-0.4, -0.2) is 28.1 Å². The van der Waals surface area contributed by atoms with Crippen molar-refractivity contribution in [2.24, 2.45) is 0 Å². The van der Waals surface area contributed by atoms with Crippen LogP contribution in [0.1, 0.15) is 5.56 Å². The van der Waals surface area contributed by atoms with E-state index in [9.17, 15) is 0 Å². The zero-order valence-electron chi connectivity index (χ0n) is 9.13. The van der Waals surface area contributed by atoms with Crippen molar-refractivity contribution < 1.29 is 9.84 Å². The maximum absolute atomic E-state index is 8.64. The molecule has 84 valence electrons. The Kier molecular flexibility index (Phi) is 3.22. The molecular weight excluding hydrogens is 204 g/mol. The summed E-state index contributed by atoms with van der Waals surface area (Å²) in [7, 11) is 0. The second-order valence-corrected chi connectivity index (χ2v) is 3.53. The normalized spacial score (nSPS) is 10.4. The smallest absolute Gasteiger partial charge is 0.157 e. The van der Waals surface area contributed by atoms with Crippen molar-refractivity contribution in [2.45, 2.75) is 6.92 Å². The van der Waals surface area contributed by atoms with Crippen LogP contribution in [0.3, 0.4) is 0 Å². The Balaban J connectivity index is 2.18. The highest BCUT2D eigenvalue weighted by molar-refractivity contribution is 5.35. The molecule has 0 radical (unpaired) electrons. The molecule has 0 saturated carbocycles. The van der Waals surface area contributed by atoms with E-state index in [4.69, 9.17) is 9.84 Å². The monoisotopic (exact) mass is 218 g/mol. The van der Waals surface area contributed by atoms with E-state index >= 15 is 0 Å². The second-order valence-electron chi connectivity index (χ2n) is 3.53. The molecule has 0 bridgehead atoms. The molecule has 2 rings (SSSR count). The summed E-state index contributed by atoms with van der Waals surface area (Å²) in [5.41, 5.74) is 2.18.